The third-order valence-electron chi connectivity index (χ3n) is 4.24. The lowest BCUT2D eigenvalue weighted by Gasteiger charge is -2.26. The SMILES string of the molecule is N=C/C(=C\C(=N)Cl)C1=C(N/C(=C\c2ccco2)C(=O)O)NC=C(c2cccc(N)c2F)N1. The van der Waals surface area contributed by atoms with Crippen molar-refractivity contribution >= 4 is 46.4 Å². The summed E-state index contributed by atoms with van der Waals surface area (Å²) in [5.74, 6) is -1.52. The minimum absolute atomic E-state index is 0.0560. The van der Waals surface area contributed by atoms with Crippen LogP contribution < -0.4 is 21.7 Å². The van der Waals surface area contributed by atoms with E-state index >= 15 is 0 Å². The first-order valence-corrected chi connectivity index (χ1v) is 9.42. The van der Waals surface area contributed by atoms with Crippen LogP contribution in [0.3, 0.4) is 0 Å². The molecule has 2 aromatic rings. The van der Waals surface area contributed by atoms with Crippen LogP contribution >= 0.6 is 11.6 Å². The second-order valence-corrected chi connectivity index (χ2v) is 6.79. The smallest absolute Gasteiger partial charge is 0.352 e. The third kappa shape index (κ3) is 5.05. The number of benzene rings is 1. The van der Waals surface area contributed by atoms with Crippen LogP contribution in [-0.4, -0.2) is 22.5 Å². The molecule has 0 amide bonds. The van der Waals surface area contributed by atoms with E-state index in [4.69, 9.17) is 32.6 Å². The van der Waals surface area contributed by atoms with Gasteiger partial charge >= 0.3 is 5.97 Å². The molecule has 0 saturated heterocycles. The van der Waals surface area contributed by atoms with E-state index in [-0.39, 0.29) is 44.9 Å². The largest absolute Gasteiger partial charge is 0.477 e. The monoisotopic (exact) mass is 456 g/mol. The molecule has 0 aliphatic carbocycles. The van der Waals surface area contributed by atoms with Crippen molar-refractivity contribution in [3.05, 3.63) is 88.8 Å². The maximum absolute atomic E-state index is 14.6. The first-order chi connectivity index (χ1) is 15.3. The van der Waals surface area contributed by atoms with E-state index in [1.807, 2.05) is 0 Å². The summed E-state index contributed by atoms with van der Waals surface area (Å²) in [5, 5.41) is 33.0. The standard InChI is InChI=1S/C21H18ClFN6O3/c22-17(26)7-11(9-24)19-20(29-15(21(30)31)8-12-3-2-6-32-12)27-10-16(28-19)13-4-1-5-14(25)18(13)23/h1-10,24,26-29H,25H2,(H,30,31)/b11-7+,15-8-,24-9?,26-17?. The van der Waals surface area contributed by atoms with Gasteiger partial charge in [0.2, 0.25) is 0 Å². The highest BCUT2D eigenvalue weighted by Crippen LogP contribution is 2.25. The van der Waals surface area contributed by atoms with Crippen molar-refractivity contribution in [3.8, 4) is 0 Å². The number of allylic oxidation sites excluding steroid dienone is 2. The Balaban J connectivity index is 2.05. The molecule has 0 fully saturated rings. The van der Waals surface area contributed by atoms with Gasteiger partial charge in [0.25, 0.3) is 0 Å². The maximum Gasteiger partial charge on any atom is 0.352 e. The van der Waals surface area contributed by atoms with Crippen molar-refractivity contribution in [3.63, 3.8) is 0 Å². The number of rotatable bonds is 8. The summed E-state index contributed by atoms with van der Waals surface area (Å²) in [7, 11) is 0. The number of carbonyl (C=O) groups is 1. The zero-order valence-electron chi connectivity index (χ0n) is 16.4. The molecule has 0 radical (unpaired) electrons. The molecule has 9 nitrogen and oxygen atoms in total. The molecule has 0 bridgehead atoms. The first kappa shape index (κ1) is 22.4. The Morgan fingerprint density at radius 3 is 2.72 bits per heavy atom. The van der Waals surface area contributed by atoms with Gasteiger partial charge in [-0.2, -0.15) is 0 Å². The number of nitrogen functional groups attached to an aromatic ring is 1. The fourth-order valence-corrected chi connectivity index (χ4v) is 2.91. The zero-order chi connectivity index (χ0) is 23.3. The molecule has 164 valence electrons. The van der Waals surface area contributed by atoms with E-state index in [2.05, 4.69) is 16.0 Å². The van der Waals surface area contributed by atoms with Gasteiger partial charge in [-0.3, -0.25) is 5.41 Å². The van der Waals surface area contributed by atoms with Crippen LogP contribution in [0.2, 0.25) is 0 Å². The van der Waals surface area contributed by atoms with Crippen molar-refractivity contribution in [2.75, 3.05) is 5.73 Å². The van der Waals surface area contributed by atoms with Gasteiger partial charge in [-0.1, -0.05) is 17.7 Å². The summed E-state index contributed by atoms with van der Waals surface area (Å²) in [6, 6.07) is 7.66. The molecular formula is C21H18ClFN6O3. The Morgan fingerprint density at radius 1 is 1.31 bits per heavy atom. The van der Waals surface area contributed by atoms with E-state index in [1.54, 1.807) is 18.2 Å². The van der Waals surface area contributed by atoms with Crippen LogP contribution in [0.4, 0.5) is 10.1 Å². The fraction of sp³-hybridized carbons (Fsp3) is 0. The molecule has 1 aromatic heterocycles. The van der Waals surface area contributed by atoms with Gasteiger partial charge in [0, 0.05) is 29.6 Å². The number of nitrogens with one attached hydrogen (secondary N) is 5. The molecule has 1 aliphatic rings. The van der Waals surface area contributed by atoms with Gasteiger partial charge < -0.3 is 36.6 Å². The molecule has 2 heterocycles. The summed E-state index contributed by atoms with van der Waals surface area (Å²) >= 11 is 5.67. The predicted molar refractivity (Wildman–Crippen MR) is 120 cm³/mol. The molecule has 0 unspecified atom stereocenters. The topological polar surface area (TPSA) is 160 Å². The minimum Gasteiger partial charge on any atom is -0.477 e. The number of aliphatic carboxylic acids is 1. The Labute approximate surface area is 186 Å². The average Bonchev–Trinajstić information content (AvgIpc) is 3.27. The Kier molecular flexibility index (Phi) is 6.76. The molecule has 0 saturated carbocycles. The molecule has 8 N–H and O–H groups in total. The summed E-state index contributed by atoms with van der Waals surface area (Å²) < 4.78 is 19.7. The highest BCUT2D eigenvalue weighted by molar-refractivity contribution is 6.67. The van der Waals surface area contributed by atoms with Crippen LogP contribution in [0.5, 0.6) is 0 Å². The van der Waals surface area contributed by atoms with Crippen molar-refractivity contribution in [2.45, 2.75) is 0 Å². The summed E-state index contributed by atoms with van der Waals surface area (Å²) in [4.78, 5) is 11.8. The minimum atomic E-state index is -1.28. The van der Waals surface area contributed by atoms with Crippen LogP contribution in [-0.2, 0) is 4.79 Å². The number of hydrogen-bond acceptors (Lipinski definition) is 8. The quantitative estimate of drug-likeness (QED) is 0.182. The predicted octanol–water partition coefficient (Wildman–Crippen LogP) is 3.17. The normalized spacial score (nSPS) is 14.2. The molecule has 1 aromatic carbocycles. The number of furan rings is 1. The number of carboxylic acids is 1. The zero-order valence-corrected chi connectivity index (χ0v) is 17.1. The van der Waals surface area contributed by atoms with Crippen molar-refractivity contribution in [2.24, 2.45) is 0 Å². The van der Waals surface area contributed by atoms with Crippen LogP contribution in [0.15, 0.2) is 76.1 Å². The lowest BCUT2D eigenvalue weighted by Crippen LogP contribution is -2.36. The Hall–Kier alpha value is -4.31. The molecule has 11 heteroatoms. The Morgan fingerprint density at radius 2 is 2.09 bits per heavy atom. The first-order valence-electron chi connectivity index (χ1n) is 9.04. The van der Waals surface area contributed by atoms with Crippen LogP contribution in [0, 0.1) is 16.6 Å². The van der Waals surface area contributed by atoms with Gasteiger partial charge in [-0.25, -0.2) is 9.18 Å². The second-order valence-electron chi connectivity index (χ2n) is 6.38. The number of nitrogens with two attached hydrogens (primary N) is 1. The summed E-state index contributed by atoms with van der Waals surface area (Å²) in [6.07, 6.45) is 6.16. The Bertz CT molecular complexity index is 1200. The van der Waals surface area contributed by atoms with Crippen LogP contribution in [0.1, 0.15) is 11.3 Å². The highest BCUT2D eigenvalue weighted by atomic mass is 35.5. The molecule has 0 spiro atoms. The van der Waals surface area contributed by atoms with Gasteiger partial charge in [-0.05, 0) is 30.3 Å². The molecule has 1 aliphatic heterocycles. The van der Waals surface area contributed by atoms with Crippen molar-refractivity contribution in [1.29, 1.82) is 10.8 Å². The lowest BCUT2D eigenvalue weighted by atomic mass is 10.1. The van der Waals surface area contributed by atoms with Crippen molar-refractivity contribution < 1.29 is 18.7 Å². The fourth-order valence-electron chi connectivity index (χ4n) is 2.79. The van der Waals surface area contributed by atoms with Crippen LogP contribution in [0.25, 0.3) is 11.8 Å². The lowest BCUT2D eigenvalue weighted by molar-refractivity contribution is -0.132. The maximum atomic E-state index is 14.6. The van der Waals surface area contributed by atoms with Gasteiger partial charge in [0.15, 0.2) is 5.82 Å². The number of anilines is 1. The molecule has 0 atom stereocenters. The van der Waals surface area contributed by atoms with E-state index in [9.17, 15) is 14.3 Å². The molecular weight excluding hydrogens is 439 g/mol. The summed E-state index contributed by atoms with van der Waals surface area (Å²) in [5.41, 5.74) is 6.02. The van der Waals surface area contributed by atoms with Crippen molar-refractivity contribution in [1.82, 2.24) is 16.0 Å². The highest BCUT2D eigenvalue weighted by Gasteiger charge is 2.22. The third-order valence-corrected chi connectivity index (χ3v) is 4.34. The van der Waals surface area contributed by atoms with E-state index in [0.717, 1.165) is 6.21 Å². The number of hydrogen-bond donors (Lipinski definition) is 7. The van der Waals surface area contributed by atoms with Gasteiger partial charge in [0.1, 0.15) is 22.4 Å². The average molecular weight is 457 g/mol. The van der Waals surface area contributed by atoms with Gasteiger partial charge in [0.05, 0.1) is 23.3 Å². The summed E-state index contributed by atoms with van der Waals surface area (Å²) in [6.45, 7) is 0. The molecule has 3 rings (SSSR count). The van der Waals surface area contributed by atoms with E-state index in [0.29, 0.717) is 5.76 Å². The number of halogens is 2. The van der Waals surface area contributed by atoms with E-state index in [1.165, 1.54) is 36.7 Å². The van der Waals surface area contributed by atoms with Gasteiger partial charge in [-0.15, -0.1) is 0 Å². The second kappa shape index (κ2) is 9.67. The van der Waals surface area contributed by atoms with E-state index < -0.39 is 11.8 Å². The molecule has 32 heavy (non-hydrogen) atoms. The number of carboxylic acid groups (broad SMARTS) is 1.